The van der Waals surface area contributed by atoms with Crippen LogP contribution in [0.4, 0.5) is 5.69 Å². The van der Waals surface area contributed by atoms with Crippen LogP contribution in [-0.2, 0) is 0 Å². The number of anilines is 1. The largest absolute Gasteiger partial charge is 0.366 e. The fraction of sp³-hybridized carbons (Fsp3) is 0.688. The van der Waals surface area contributed by atoms with Crippen LogP contribution in [0.3, 0.4) is 0 Å². The highest BCUT2D eigenvalue weighted by Gasteiger charge is 2.25. The predicted molar refractivity (Wildman–Crippen MR) is 89.7 cm³/mol. The summed E-state index contributed by atoms with van der Waals surface area (Å²) in [5.41, 5.74) is 2.39. The summed E-state index contributed by atoms with van der Waals surface area (Å²) in [6, 6.07) is 5.31. The minimum absolute atomic E-state index is 0.331. The number of pyridine rings is 1. The minimum Gasteiger partial charge on any atom is -0.366 e. The van der Waals surface area contributed by atoms with E-state index in [2.05, 4.69) is 66.8 Å². The Balaban J connectivity index is 2.04. The van der Waals surface area contributed by atoms with Crippen molar-refractivity contribution in [3.63, 3.8) is 0 Å². The highest BCUT2D eigenvalue weighted by atomic mass is 32.2. The lowest BCUT2D eigenvalue weighted by Gasteiger charge is -2.39. The Morgan fingerprint density at radius 2 is 2.25 bits per heavy atom. The SMILES string of the molecule is CCCNC(C)c1ccc(N2CCSC(C)C2C)cn1. The summed E-state index contributed by atoms with van der Waals surface area (Å²) in [5.74, 6) is 1.21. The molecule has 1 aromatic rings. The number of hydrogen-bond donors (Lipinski definition) is 1. The standard InChI is InChI=1S/C16H27N3S/c1-5-8-17-12(2)16-7-6-15(11-18-16)19-9-10-20-14(4)13(19)3/h6-7,11-14,17H,5,8-10H2,1-4H3. The molecule has 0 bridgehead atoms. The van der Waals surface area contributed by atoms with Crippen molar-refractivity contribution < 1.29 is 0 Å². The first-order valence-corrected chi connectivity index (χ1v) is 8.76. The molecule has 2 heterocycles. The van der Waals surface area contributed by atoms with Crippen molar-refractivity contribution in [1.82, 2.24) is 10.3 Å². The maximum absolute atomic E-state index is 4.66. The molecule has 0 radical (unpaired) electrons. The molecule has 1 saturated heterocycles. The van der Waals surface area contributed by atoms with Crippen LogP contribution in [0.15, 0.2) is 18.3 Å². The van der Waals surface area contributed by atoms with Gasteiger partial charge in [0.2, 0.25) is 0 Å². The van der Waals surface area contributed by atoms with E-state index in [9.17, 15) is 0 Å². The van der Waals surface area contributed by atoms with E-state index in [1.807, 2.05) is 6.20 Å². The van der Waals surface area contributed by atoms with E-state index in [1.54, 1.807) is 0 Å². The van der Waals surface area contributed by atoms with Crippen LogP contribution in [0.5, 0.6) is 0 Å². The van der Waals surface area contributed by atoms with Gasteiger partial charge in [-0.3, -0.25) is 4.98 Å². The van der Waals surface area contributed by atoms with E-state index in [0.29, 0.717) is 17.3 Å². The molecule has 1 aliphatic heterocycles. The number of thioether (sulfide) groups is 1. The van der Waals surface area contributed by atoms with Gasteiger partial charge in [0.1, 0.15) is 0 Å². The Bertz CT molecular complexity index is 407. The van der Waals surface area contributed by atoms with Gasteiger partial charge in [-0.2, -0.15) is 11.8 Å². The summed E-state index contributed by atoms with van der Waals surface area (Å²) in [7, 11) is 0. The zero-order valence-corrected chi connectivity index (χ0v) is 13.9. The van der Waals surface area contributed by atoms with Crippen molar-refractivity contribution in [1.29, 1.82) is 0 Å². The molecule has 1 aromatic heterocycles. The number of nitrogens with zero attached hydrogens (tertiary/aromatic N) is 2. The van der Waals surface area contributed by atoms with Crippen LogP contribution >= 0.6 is 11.8 Å². The molecule has 112 valence electrons. The molecule has 20 heavy (non-hydrogen) atoms. The van der Waals surface area contributed by atoms with Gasteiger partial charge in [-0.05, 0) is 38.9 Å². The molecule has 1 N–H and O–H groups in total. The molecular formula is C16H27N3S. The van der Waals surface area contributed by atoms with Crippen LogP contribution in [-0.4, -0.2) is 35.1 Å². The highest BCUT2D eigenvalue weighted by molar-refractivity contribution is 8.00. The van der Waals surface area contributed by atoms with Gasteiger partial charge in [0, 0.05) is 29.6 Å². The number of rotatable bonds is 5. The molecule has 3 nitrogen and oxygen atoms in total. The summed E-state index contributed by atoms with van der Waals surface area (Å²) in [4.78, 5) is 7.14. The van der Waals surface area contributed by atoms with Crippen LogP contribution in [0.2, 0.25) is 0 Å². The van der Waals surface area contributed by atoms with E-state index < -0.39 is 0 Å². The van der Waals surface area contributed by atoms with E-state index in [-0.39, 0.29) is 0 Å². The maximum Gasteiger partial charge on any atom is 0.0572 e. The van der Waals surface area contributed by atoms with E-state index in [1.165, 1.54) is 11.4 Å². The summed E-state index contributed by atoms with van der Waals surface area (Å²) in [6.07, 6.45) is 3.20. The first-order valence-electron chi connectivity index (χ1n) is 7.71. The van der Waals surface area contributed by atoms with Crippen LogP contribution in [0.25, 0.3) is 0 Å². The summed E-state index contributed by atoms with van der Waals surface area (Å²) < 4.78 is 0. The number of nitrogens with one attached hydrogen (secondary N) is 1. The van der Waals surface area contributed by atoms with Crippen LogP contribution in [0, 0.1) is 0 Å². The van der Waals surface area contributed by atoms with Crippen molar-refractivity contribution >= 4 is 17.4 Å². The molecule has 0 spiro atoms. The number of aromatic nitrogens is 1. The molecule has 3 atom stereocenters. The molecule has 1 aliphatic rings. The first-order chi connectivity index (χ1) is 9.63. The van der Waals surface area contributed by atoms with Gasteiger partial charge < -0.3 is 10.2 Å². The Hall–Kier alpha value is -0.740. The lowest BCUT2D eigenvalue weighted by atomic mass is 10.1. The van der Waals surface area contributed by atoms with Crippen molar-refractivity contribution in [2.24, 2.45) is 0 Å². The Morgan fingerprint density at radius 1 is 1.45 bits per heavy atom. The van der Waals surface area contributed by atoms with Crippen molar-refractivity contribution in [2.75, 3.05) is 23.7 Å². The smallest absolute Gasteiger partial charge is 0.0572 e. The van der Waals surface area contributed by atoms with Crippen molar-refractivity contribution in [3.05, 3.63) is 24.0 Å². The monoisotopic (exact) mass is 293 g/mol. The highest BCUT2D eigenvalue weighted by Crippen LogP contribution is 2.28. The molecule has 0 aliphatic carbocycles. The quantitative estimate of drug-likeness (QED) is 0.900. The van der Waals surface area contributed by atoms with Gasteiger partial charge in [0.15, 0.2) is 0 Å². The van der Waals surface area contributed by atoms with Gasteiger partial charge in [-0.25, -0.2) is 0 Å². The maximum atomic E-state index is 4.66. The minimum atomic E-state index is 0.331. The van der Waals surface area contributed by atoms with Gasteiger partial charge in [0.25, 0.3) is 0 Å². The third kappa shape index (κ3) is 3.67. The summed E-state index contributed by atoms with van der Waals surface area (Å²) >= 11 is 2.07. The first kappa shape index (κ1) is 15.6. The zero-order valence-electron chi connectivity index (χ0n) is 13.1. The molecule has 0 saturated carbocycles. The van der Waals surface area contributed by atoms with E-state index >= 15 is 0 Å². The van der Waals surface area contributed by atoms with Gasteiger partial charge >= 0.3 is 0 Å². The molecule has 1 fully saturated rings. The fourth-order valence-corrected chi connectivity index (χ4v) is 3.69. The zero-order chi connectivity index (χ0) is 14.5. The predicted octanol–water partition coefficient (Wildman–Crippen LogP) is 3.47. The normalized spacial score (nSPS) is 24.7. The number of hydrogen-bond acceptors (Lipinski definition) is 4. The van der Waals surface area contributed by atoms with Gasteiger partial charge in [-0.15, -0.1) is 0 Å². The Morgan fingerprint density at radius 3 is 2.90 bits per heavy atom. The van der Waals surface area contributed by atoms with Gasteiger partial charge in [-0.1, -0.05) is 13.8 Å². The summed E-state index contributed by atoms with van der Waals surface area (Å²) in [5, 5.41) is 4.17. The molecule has 2 rings (SSSR count). The average Bonchev–Trinajstić information content (AvgIpc) is 2.48. The van der Waals surface area contributed by atoms with E-state index in [4.69, 9.17) is 0 Å². The second-order valence-corrected chi connectivity index (χ2v) is 7.11. The molecule has 3 unspecified atom stereocenters. The lowest BCUT2D eigenvalue weighted by molar-refractivity contribution is 0.558. The second kappa shape index (κ2) is 7.32. The van der Waals surface area contributed by atoms with E-state index in [0.717, 1.165) is 25.2 Å². The Labute approximate surface area is 127 Å². The molecular weight excluding hydrogens is 266 g/mol. The third-order valence-electron chi connectivity index (χ3n) is 4.13. The van der Waals surface area contributed by atoms with Crippen molar-refractivity contribution in [2.45, 2.75) is 51.4 Å². The topological polar surface area (TPSA) is 28.2 Å². The Kier molecular flexibility index (Phi) is 5.73. The molecule has 0 amide bonds. The third-order valence-corrected chi connectivity index (χ3v) is 5.47. The summed E-state index contributed by atoms with van der Waals surface area (Å²) in [6.45, 7) is 11.2. The average molecular weight is 293 g/mol. The van der Waals surface area contributed by atoms with Crippen LogP contribution < -0.4 is 10.2 Å². The second-order valence-electron chi connectivity index (χ2n) is 5.63. The molecule has 4 heteroatoms. The van der Waals surface area contributed by atoms with Crippen LogP contribution in [0.1, 0.15) is 45.9 Å². The lowest BCUT2D eigenvalue weighted by Crippen LogP contribution is -2.44. The van der Waals surface area contributed by atoms with Crippen molar-refractivity contribution in [3.8, 4) is 0 Å². The van der Waals surface area contributed by atoms with Gasteiger partial charge in [0.05, 0.1) is 17.6 Å². The fourth-order valence-electron chi connectivity index (χ4n) is 2.59. The molecule has 0 aromatic carbocycles.